The molecular formula is C23H24FNO5. The lowest BCUT2D eigenvalue weighted by atomic mass is 9.92. The number of carbonyl (C=O) groups is 1. The van der Waals surface area contributed by atoms with Gasteiger partial charge in [-0.2, -0.15) is 0 Å². The molecule has 0 fully saturated rings. The molecule has 0 amide bonds. The SMILES string of the molecule is CCOc1cc(-c2nc(C(C(C)=O)c3ccc(F)cc3OCC)co2)ccc1OC. The van der Waals surface area contributed by atoms with Crippen molar-refractivity contribution in [1.82, 2.24) is 4.98 Å². The van der Waals surface area contributed by atoms with Crippen molar-refractivity contribution in [2.45, 2.75) is 26.7 Å². The van der Waals surface area contributed by atoms with Crippen LogP contribution in [0.4, 0.5) is 4.39 Å². The van der Waals surface area contributed by atoms with Crippen molar-refractivity contribution in [3.8, 4) is 28.7 Å². The van der Waals surface area contributed by atoms with Crippen molar-refractivity contribution in [2.24, 2.45) is 0 Å². The zero-order valence-corrected chi connectivity index (χ0v) is 17.4. The maximum absolute atomic E-state index is 13.7. The number of ketones is 1. The van der Waals surface area contributed by atoms with E-state index in [9.17, 15) is 9.18 Å². The summed E-state index contributed by atoms with van der Waals surface area (Å²) in [4.78, 5) is 17.0. The monoisotopic (exact) mass is 413 g/mol. The molecule has 1 unspecified atom stereocenters. The second-order valence-electron chi connectivity index (χ2n) is 6.53. The fraction of sp³-hybridized carbons (Fsp3) is 0.304. The van der Waals surface area contributed by atoms with Crippen LogP contribution in [0.15, 0.2) is 47.1 Å². The Bertz CT molecular complexity index is 1030. The van der Waals surface area contributed by atoms with E-state index in [1.54, 1.807) is 38.3 Å². The summed E-state index contributed by atoms with van der Waals surface area (Å²) in [7, 11) is 1.57. The molecule has 0 aliphatic rings. The van der Waals surface area contributed by atoms with Gasteiger partial charge in [0.25, 0.3) is 0 Å². The Morgan fingerprint density at radius 3 is 2.47 bits per heavy atom. The Morgan fingerprint density at radius 2 is 1.80 bits per heavy atom. The third-order valence-corrected chi connectivity index (χ3v) is 4.52. The molecule has 7 heteroatoms. The molecule has 1 heterocycles. The lowest BCUT2D eigenvalue weighted by Crippen LogP contribution is -2.13. The van der Waals surface area contributed by atoms with Crippen LogP contribution in [0.2, 0.25) is 0 Å². The van der Waals surface area contributed by atoms with E-state index < -0.39 is 11.7 Å². The summed E-state index contributed by atoms with van der Waals surface area (Å²) in [6.07, 6.45) is 1.44. The third kappa shape index (κ3) is 4.45. The highest BCUT2D eigenvalue weighted by Gasteiger charge is 2.27. The number of Topliss-reactive ketones (excluding diaryl/α,β-unsaturated/α-hetero) is 1. The van der Waals surface area contributed by atoms with Crippen molar-refractivity contribution in [2.75, 3.05) is 20.3 Å². The van der Waals surface area contributed by atoms with Gasteiger partial charge in [0.1, 0.15) is 23.6 Å². The van der Waals surface area contributed by atoms with Crippen molar-refractivity contribution in [1.29, 1.82) is 0 Å². The normalized spacial score (nSPS) is 11.8. The number of rotatable bonds is 9. The zero-order valence-electron chi connectivity index (χ0n) is 17.4. The molecule has 3 rings (SSSR count). The minimum absolute atomic E-state index is 0.160. The van der Waals surface area contributed by atoms with Crippen LogP contribution in [-0.2, 0) is 4.79 Å². The smallest absolute Gasteiger partial charge is 0.226 e. The number of aromatic nitrogens is 1. The minimum atomic E-state index is -0.741. The van der Waals surface area contributed by atoms with Gasteiger partial charge in [0.05, 0.1) is 31.9 Å². The molecule has 0 saturated heterocycles. The van der Waals surface area contributed by atoms with E-state index in [-0.39, 0.29) is 5.78 Å². The third-order valence-electron chi connectivity index (χ3n) is 4.52. The van der Waals surface area contributed by atoms with Crippen LogP contribution in [0.1, 0.15) is 37.9 Å². The van der Waals surface area contributed by atoms with Crippen LogP contribution in [0.3, 0.4) is 0 Å². The Hall–Kier alpha value is -3.35. The number of hydrogen-bond donors (Lipinski definition) is 0. The highest BCUT2D eigenvalue weighted by molar-refractivity contribution is 5.87. The number of oxazole rings is 1. The summed E-state index contributed by atoms with van der Waals surface area (Å²) in [6.45, 7) is 5.96. The summed E-state index contributed by atoms with van der Waals surface area (Å²) >= 11 is 0. The van der Waals surface area contributed by atoms with Gasteiger partial charge in [-0.05, 0) is 45.0 Å². The first kappa shape index (κ1) is 21.4. The van der Waals surface area contributed by atoms with Gasteiger partial charge in [0, 0.05) is 17.2 Å². The molecule has 0 spiro atoms. The summed E-state index contributed by atoms with van der Waals surface area (Å²) in [5.74, 6) is 0.470. The van der Waals surface area contributed by atoms with Crippen molar-refractivity contribution < 1.29 is 27.8 Å². The molecule has 0 aliphatic heterocycles. The van der Waals surface area contributed by atoms with E-state index in [4.69, 9.17) is 18.6 Å². The average molecular weight is 413 g/mol. The van der Waals surface area contributed by atoms with Crippen LogP contribution in [0, 0.1) is 5.82 Å². The maximum Gasteiger partial charge on any atom is 0.226 e. The first-order valence-electron chi connectivity index (χ1n) is 9.67. The Morgan fingerprint density at radius 1 is 1.07 bits per heavy atom. The quantitative estimate of drug-likeness (QED) is 0.491. The molecule has 0 saturated carbocycles. The second kappa shape index (κ2) is 9.43. The molecular weight excluding hydrogens is 389 g/mol. The fourth-order valence-electron chi connectivity index (χ4n) is 3.24. The van der Waals surface area contributed by atoms with E-state index in [1.807, 2.05) is 6.92 Å². The number of methoxy groups -OCH3 is 1. The molecule has 0 aliphatic carbocycles. The van der Waals surface area contributed by atoms with Gasteiger partial charge >= 0.3 is 0 Å². The zero-order chi connectivity index (χ0) is 21.7. The maximum atomic E-state index is 13.7. The van der Waals surface area contributed by atoms with Gasteiger partial charge in [-0.15, -0.1) is 0 Å². The first-order valence-corrected chi connectivity index (χ1v) is 9.67. The summed E-state index contributed by atoms with van der Waals surface area (Å²) in [5.41, 5.74) is 1.63. The predicted molar refractivity (Wildman–Crippen MR) is 110 cm³/mol. The standard InChI is InChI=1S/C23H24FNO5/c1-5-28-20-12-16(24)8-9-17(20)22(14(3)26)18-13-30-23(25-18)15-7-10-19(27-4)21(11-15)29-6-2/h7-13,22H,5-6H2,1-4H3. The van der Waals surface area contributed by atoms with Gasteiger partial charge in [0.2, 0.25) is 5.89 Å². The van der Waals surface area contributed by atoms with Crippen LogP contribution in [0.25, 0.3) is 11.5 Å². The molecule has 2 aromatic carbocycles. The van der Waals surface area contributed by atoms with Crippen LogP contribution >= 0.6 is 0 Å². The van der Waals surface area contributed by atoms with Crippen molar-refractivity contribution >= 4 is 5.78 Å². The van der Waals surface area contributed by atoms with Crippen LogP contribution in [-0.4, -0.2) is 31.1 Å². The summed E-state index contributed by atoms with van der Waals surface area (Å²) in [6, 6.07) is 9.44. The van der Waals surface area contributed by atoms with Gasteiger partial charge in [-0.1, -0.05) is 6.07 Å². The van der Waals surface area contributed by atoms with Gasteiger partial charge < -0.3 is 18.6 Å². The number of carbonyl (C=O) groups excluding carboxylic acids is 1. The van der Waals surface area contributed by atoms with Crippen molar-refractivity contribution in [3.63, 3.8) is 0 Å². The molecule has 158 valence electrons. The topological polar surface area (TPSA) is 70.8 Å². The van der Waals surface area contributed by atoms with E-state index >= 15 is 0 Å². The lowest BCUT2D eigenvalue weighted by Gasteiger charge is -2.16. The summed E-state index contributed by atoms with van der Waals surface area (Å²) in [5, 5.41) is 0. The van der Waals surface area contributed by atoms with E-state index in [1.165, 1.54) is 25.3 Å². The lowest BCUT2D eigenvalue weighted by molar-refractivity contribution is -0.117. The number of ether oxygens (including phenoxy) is 3. The second-order valence-corrected chi connectivity index (χ2v) is 6.53. The van der Waals surface area contributed by atoms with Crippen LogP contribution in [0.5, 0.6) is 17.2 Å². The number of halogens is 1. The average Bonchev–Trinajstić information content (AvgIpc) is 3.19. The number of nitrogens with zero attached hydrogens (tertiary/aromatic N) is 1. The Balaban J connectivity index is 2.01. The molecule has 0 radical (unpaired) electrons. The molecule has 0 bridgehead atoms. The van der Waals surface area contributed by atoms with E-state index in [0.717, 1.165) is 0 Å². The molecule has 1 aromatic heterocycles. The van der Waals surface area contributed by atoms with Gasteiger partial charge in [0.15, 0.2) is 11.5 Å². The first-order chi connectivity index (χ1) is 14.5. The fourth-order valence-corrected chi connectivity index (χ4v) is 3.24. The van der Waals surface area contributed by atoms with Gasteiger partial charge in [-0.3, -0.25) is 4.79 Å². The van der Waals surface area contributed by atoms with Crippen LogP contribution < -0.4 is 14.2 Å². The number of benzene rings is 2. The molecule has 30 heavy (non-hydrogen) atoms. The largest absolute Gasteiger partial charge is 0.493 e. The highest BCUT2D eigenvalue weighted by Crippen LogP contribution is 2.36. The Kier molecular flexibility index (Phi) is 6.72. The summed E-state index contributed by atoms with van der Waals surface area (Å²) < 4.78 is 35.8. The van der Waals surface area contributed by atoms with E-state index in [2.05, 4.69) is 4.98 Å². The molecule has 6 nitrogen and oxygen atoms in total. The van der Waals surface area contributed by atoms with Crippen molar-refractivity contribution in [3.05, 3.63) is 59.7 Å². The molecule has 1 atom stereocenters. The van der Waals surface area contributed by atoms with Gasteiger partial charge in [-0.25, -0.2) is 9.37 Å². The molecule has 3 aromatic rings. The minimum Gasteiger partial charge on any atom is -0.493 e. The number of hydrogen-bond acceptors (Lipinski definition) is 6. The van der Waals surface area contributed by atoms with E-state index in [0.29, 0.717) is 53.2 Å². The predicted octanol–water partition coefficient (Wildman–Crippen LogP) is 5.01. The molecule has 0 N–H and O–H groups in total. The highest BCUT2D eigenvalue weighted by atomic mass is 19.1. The Labute approximate surface area is 174 Å².